The molecule has 1 aromatic heterocycles. The molecule has 1 amide bonds. The number of aromatic hydroxyl groups is 1. The first-order valence-corrected chi connectivity index (χ1v) is 15.2. The standard InChI is InChI=1S/C31H36N4O7S/c1-33(2)25-19-13-15-12-18-17(21-7-4-16(43-21)14-35-10-8-34(3)9-11-35)5-6-20(36)23(18)26(37)22(15)28(39)31(19,42)29(40)24(27(25)38)30(32)41/h4-7,15,19,25,36-37,40,42H,8-14H2,1-3H3,(H2,32,41). The molecule has 1 aromatic carbocycles. The van der Waals surface area contributed by atoms with E-state index in [2.05, 4.69) is 22.9 Å². The first-order chi connectivity index (χ1) is 20.3. The fraction of sp³-hybridized carbons (Fsp3) is 0.452. The Morgan fingerprint density at radius 2 is 1.79 bits per heavy atom. The number of aliphatic hydroxyl groups excluding tert-OH is 2. The van der Waals surface area contributed by atoms with Crippen LogP contribution in [0.2, 0.25) is 0 Å². The zero-order valence-electron chi connectivity index (χ0n) is 24.3. The van der Waals surface area contributed by atoms with Gasteiger partial charge in [-0.1, -0.05) is 0 Å². The van der Waals surface area contributed by atoms with Gasteiger partial charge in [-0.3, -0.25) is 24.2 Å². The smallest absolute Gasteiger partial charge is 0.255 e. The molecule has 2 fully saturated rings. The minimum atomic E-state index is -2.65. The molecule has 4 unspecified atom stereocenters. The molecule has 0 spiro atoms. The second kappa shape index (κ2) is 10.6. The summed E-state index contributed by atoms with van der Waals surface area (Å²) in [6.45, 7) is 4.85. The summed E-state index contributed by atoms with van der Waals surface area (Å²) in [6.07, 6.45) is 0.309. The maximum Gasteiger partial charge on any atom is 0.255 e. The fourth-order valence-corrected chi connectivity index (χ4v) is 8.41. The lowest BCUT2D eigenvalue weighted by atomic mass is 9.57. The summed E-state index contributed by atoms with van der Waals surface area (Å²) in [5.74, 6) is -6.55. The molecule has 4 atom stereocenters. The molecule has 1 saturated heterocycles. The predicted molar refractivity (Wildman–Crippen MR) is 160 cm³/mol. The number of carbonyl (C=O) groups is 3. The van der Waals surface area contributed by atoms with Gasteiger partial charge in [0.15, 0.2) is 11.4 Å². The third-order valence-corrected chi connectivity index (χ3v) is 10.6. The van der Waals surface area contributed by atoms with Crippen LogP contribution in [-0.4, -0.2) is 112 Å². The minimum absolute atomic E-state index is 0.0555. The molecule has 11 nitrogen and oxygen atoms in total. The van der Waals surface area contributed by atoms with Crippen molar-refractivity contribution in [3.63, 3.8) is 0 Å². The Labute approximate surface area is 253 Å². The van der Waals surface area contributed by atoms with Gasteiger partial charge in [0.05, 0.1) is 11.6 Å². The van der Waals surface area contributed by atoms with Gasteiger partial charge in [-0.05, 0) is 75.3 Å². The van der Waals surface area contributed by atoms with Crippen molar-refractivity contribution in [1.82, 2.24) is 14.7 Å². The van der Waals surface area contributed by atoms with E-state index in [4.69, 9.17) is 5.73 Å². The Morgan fingerprint density at radius 3 is 2.44 bits per heavy atom. The summed E-state index contributed by atoms with van der Waals surface area (Å²) < 4.78 is 0. The second-order valence-corrected chi connectivity index (χ2v) is 13.5. The van der Waals surface area contributed by atoms with E-state index in [1.54, 1.807) is 31.5 Å². The van der Waals surface area contributed by atoms with E-state index in [9.17, 15) is 34.8 Å². The lowest BCUT2D eigenvalue weighted by Gasteiger charge is -2.50. The Bertz CT molecular complexity index is 1600. The molecule has 2 aromatic rings. The molecule has 3 aliphatic carbocycles. The number of aliphatic hydroxyl groups is 3. The number of carbonyl (C=O) groups excluding carboxylic acids is 3. The quantitative estimate of drug-likeness (QED) is 0.313. The first-order valence-electron chi connectivity index (χ1n) is 14.3. The van der Waals surface area contributed by atoms with Crippen molar-refractivity contribution in [1.29, 1.82) is 0 Å². The molecule has 0 bridgehead atoms. The summed E-state index contributed by atoms with van der Waals surface area (Å²) in [5.41, 5.74) is 3.36. The number of phenols is 1. The monoisotopic (exact) mass is 608 g/mol. The summed E-state index contributed by atoms with van der Waals surface area (Å²) >= 11 is 1.64. The number of ketones is 2. The Balaban J connectivity index is 1.42. The van der Waals surface area contributed by atoms with Gasteiger partial charge in [-0.2, -0.15) is 0 Å². The number of benzene rings is 1. The number of piperazine rings is 1. The zero-order chi connectivity index (χ0) is 31.0. The highest BCUT2D eigenvalue weighted by Crippen LogP contribution is 2.54. The molecule has 1 aliphatic heterocycles. The number of amides is 1. The van der Waals surface area contributed by atoms with Crippen LogP contribution in [0.5, 0.6) is 5.75 Å². The Hall–Kier alpha value is -3.55. The number of nitrogens with zero attached hydrogens (tertiary/aromatic N) is 3. The number of hydrogen-bond acceptors (Lipinski definition) is 11. The van der Waals surface area contributed by atoms with Crippen LogP contribution in [-0.2, 0) is 27.3 Å². The summed E-state index contributed by atoms with van der Waals surface area (Å²) in [5, 5.41) is 45.2. The highest BCUT2D eigenvalue weighted by Gasteiger charge is 2.64. The van der Waals surface area contributed by atoms with Crippen molar-refractivity contribution < 1.29 is 34.8 Å². The van der Waals surface area contributed by atoms with E-state index in [1.165, 1.54) is 15.8 Å². The molecule has 1 saturated carbocycles. The van der Waals surface area contributed by atoms with Gasteiger partial charge < -0.3 is 31.1 Å². The number of phenolic OH excluding ortho intramolecular Hbond substituents is 1. The average molecular weight is 609 g/mol. The third-order valence-electron chi connectivity index (χ3n) is 9.51. The molecular weight excluding hydrogens is 572 g/mol. The van der Waals surface area contributed by atoms with Crippen molar-refractivity contribution in [2.24, 2.45) is 17.6 Å². The number of fused-ring (bicyclic) bond motifs is 3. The van der Waals surface area contributed by atoms with Gasteiger partial charge in [-0.25, -0.2) is 0 Å². The van der Waals surface area contributed by atoms with Gasteiger partial charge in [0.2, 0.25) is 5.78 Å². The van der Waals surface area contributed by atoms with E-state index >= 15 is 0 Å². The molecule has 2 heterocycles. The van der Waals surface area contributed by atoms with E-state index in [1.807, 2.05) is 6.07 Å². The SMILES string of the molecule is CN1CCN(Cc2ccc(-c3ccc(O)c4c3CC3CC5C(N(C)C)C(=O)C(C(N)=O)=C(O)C5(O)C(=O)C3=C4O)s2)CC1. The number of nitrogens with two attached hydrogens (primary N) is 1. The van der Waals surface area contributed by atoms with Crippen LogP contribution < -0.4 is 5.73 Å². The van der Waals surface area contributed by atoms with Crippen molar-refractivity contribution in [2.75, 3.05) is 47.3 Å². The topological polar surface area (TPSA) is 168 Å². The molecule has 6 N–H and O–H groups in total. The van der Waals surface area contributed by atoms with Crippen LogP contribution in [0.25, 0.3) is 16.2 Å². The number of Topliss-reactive ketones (excluding diaryl/α,β-unsaturated/α-hetero) is 2. The van der Waals surface area contributed by atoms with Crippen molar-refractivity contribution in [2.45, 2.75) is 31.0 Å². The molecule has 6 rings (SSSR count). The van der Waals surface area contributed by atoms with Gasteiger partial charge in [-0.15, -0.1) is 11.3 Å². The minimum Gasteiger partial charge on any atom is -0.508 e. The number of primary amides is 1. The molecule has 4 aliphatic rings. The highest BCUT2D eigenvalue weighted by molar-refractivity contribution is 7.15. The van der Waals surface area contributed by atoms with Crippen LogP contribution >= 0.6 is 11.3 Å². The van der Waals surface area contributed by atoms with Crippen LogP contribution in [0.4, 0.5) is 0 Å². The molecule has 0 radical (unpaired) electrons. The van der Waals surface area contributed by atoms with Gasteiger partial charge >= 0.3 is 0 Å². The summed E-state index contributed by atoms with van der Waals surface area (Å²) in [6, 6.07) is 6.28. The van der Waals surface area contributed by atoms with Crippen LogP contribution in [0.1, 0.15) is 22.4 Å². The predicted octanol–water partition coefficient (Wildman–Crippen LogP) is 1.44. The van der Waals surface area contributed by atoms with Crippen LogP contribution in [0, 0.1) is 11.8 Å². The molecule has 43 heavy (non-hydrogen) atoms. The average Bonchev–Trinajstić information content (AvgIpc) is 3.40. The highest BCUT2D eigenvalue weighted by atomic mass is 32.1. The number of hydrogen-bond donors (Lipinski definition) is 5. The zero-order valence-corrected chi connectivity index (χ0v) is 25.1. The number of likely N-dealkylation sites (N-methyl/N-ethyl adjacent to an activating group) is 2. The lowest BCUT2D eigenvalue weighted by Crippen LogP contribution is -2.65. The molecule has 12 heteroatoms. The van der Waals surface area contributed by atoms with Gasteiger partial charge in [0.25, 0.3) is 5.91 Å². The van der Waals surface area contributed by atoms with Crippen molar-refractivity contribution in [3.05, 3.63) is 57.2 Å². The fourth-order valence-electron chi connectivity index (χ4n) is 7.31. The Morgan fingerprint density at radius 1 is 1.09 bits per heavy atom. The van der Waals surface area contributed by atoms with E-state index in [0.29, 0.717) is 5.56 Å². The van der Waals surface area contributed by atoms with E-state index < -0.39 is 58.0 Å². The summed E-state index contributed by atoms with van der Waals surface area (Å²) in [4.78, 5) is 47.9. The number of rotatable bonds is 5. The normalized spacial score (nSPS) is 28.3. The maximum absolute atomic E-state index is 14.0. The lowest BCUT2D eigenvalue weighted by molar-refractivity contribution is -0.153. The molecular formula is C31H36N4O7S. The van der Waals surface area contributed by atoms with Crippen molar-refractivity contribution >= 4 is 34.6 Å². The van der Waals surface area contributed by atoms with Gasteiger partial charge in [0.1, 0.15) is 22.8 Å². The Kier molecular flexibility index (Phi) is 7.25. The number of thiophene rings is 1. The van der Waals surface area contributed by atoms with Crippen LogP contribution in [0.3, 0.4) is 0 Å². The van der Waals surface area contributed by atoms with Gasteiger partial charge in [0, 0.05) is 54.0 Å². The third kappa shape index (κ3) is 4.51. The van der Waals surface area contributed by atoms with E-state index in [0.717, 1.165) is 43.2 Å². The molecule has 228 valence electrons. The van der Waals surface area contributed by atoms with Crippen molar-refractivity contribution in [3.8, 4) is 16.2 Å². The largest absolute Gasteiger partial charge is 0.508 e. The maximum atomic E-state index is 14.0. The van der Waals surface area contributed by atoms with E-state index in [-0.39, 0.29) is 29.7 Å². The second-order valence-electron chi connectivity index (χ2n) is 12.3. The first kappa shape index (κ1) is 29.5. The summed E-state index contributed by atoms with van der Waals surface area (Å²) in [7, 11) is 5.29. The van der Waals surface area contributed by atoms with Crippen LogP contribution in [0.15, 0.2) is 41.2 Å².